The van der Waals surface area contributed by atoms with Crippen molar-refractivity contribution in [2.24, 2.45) is 56.7 Å². The van der Waals surface area contributed by atoms with Crippen LogP contribution in [0, 0.1) is 56.7 Å². The predicted octanol–water partition coefficient (Wildman–Crippen LogP) is 5.85. The lowest BCUT2D eigenvalue weighted by Crippen LogP contribution is -2.67. The zero-order chi connectivity index (χ0) is 30.5. The molecule has 240 valence electrons. The predicted molar refractivity (Wildman–Crippen MR) is 163 cm³/mol. The van der Waals surface area contributed by atoms with Crippen molar-refractivity contribution in [3.05, 3.63) is 12.2 Å². The molecule has 0 radical (unpaired) electrons. The summed E-state index contributed by atoms with van der Waals surface area (Å²) >= 11 is 0. The second-order valence-electron chi connectivity index (χ2n) is 17.3. The van der Waals surface area contributed by atoms with Crippen LogP contribution in [0.2, 0.25) is 0 Å². The van der Waals surface area contributed by atoms with Gasteiger partial charge < -0.3 is 29.9 Å². The van der Waals surface area contributed by atoms with Crippen LogP contribution in [-0.4, -0.2) is 64.3 Å². The highest BCUT2D eigenvalue weighted by Gasteiger charge is 2.71. The van der Waals surface area contributed by atoms with Crippen molar-refractivity contribution < 1.29 is 29.9 Å². The lowest BCUT2D eigenvalue weighted by atomic mass is 9.32. The number of aliphatic hydroxyl groups excluding tert-OH is 4. The summed E-state index contributed by atoms with van der Waals surface area (Å²) in [7, 11) is 0. The summed E-state index contributed by atoms with van der Waals surface area (Å²) in [5.74, 6) is 2.94. The van der Waals surface area contributed by atoms with Gasteiger partial charge in [0.1, 0.15) is 12.2 Å². The molecule has 6 fully saturated rings. The van der Waals surface area contributed by atoms with Gasteiger partial charge in [0, 0.05) is 13.0 Å². The molecule has 0 amide bonds. The lowest BCUT2D eigenvalue weighted by molar-refractivity contribution is -0.283. The van der Waals surface area contributed by atoms with Gasteiger partial charge in [-0.3, -0.25) is 0 Å². The zero-order valence-corrected chi connectivity index (χ0v) is 27.3. The maximum Gasteiger partial charge on any atom is 0.157 e. The van der Waals surface area contributed by atoms with E-state index in [1.54, 1.807) is 0 Å². The van der Waals surface area contributed by atoms with E-state index in [1.807, 2.05) is 0 Å². The highest BCUT2D eigenvalue weighted by Crippen LogP contribution is 2.77. The third-order valence-corrected chi connectivity index (χ3v) is 15.5. The van der Waals surface area contributed by atoms with Crippen molar-refractivity contribution in [1.82, 2.24) is 0 Å². The van der Waals surface area contributed by atoms with Crippen molar-refractivity contribution in [2.45, 2.75) is 143 Å². The third-order valence-electron chi connectivity index (χ3n) is 15.5. The summed E-state index contributed by atoms with van der Waals surface area (Å²) in [6, 6.07) is 0. The van der Waals surface area contributed by atoms with Crippen LogP contribution in [0.1, 0.15) is 112 Å². The minimum atomic E-state index is -1.02. The Morgan fingerprint density at radius 3 is 2.26 bits per heavy atom. The van der Waals surface area contributed by atoms with Crippen molar-refractivity contribution in [2.75, 3.05) is 13.2 Å². The van der Waals surface area contributed by atoms with E-state index >= 15 is 0 Å². The summed E-state index contributed by atoms with van der Waals surface area (Å²) in [6.07, 6.45) is 8.69. The first-order chi connectivity index (χ1) is 19.7. The summed E-state index contributed by atoms with van der Waals surface area (Å²) < 4.78 is 12.1. The van der Waals surface area contributed by atoms with Gasteiger partial charge in [0.15, 0.2) is 6.29 Å². The van der Waals surface area contributed by atoms with Crippen LogP contribution >= 0.6 is 0 Å². The normalized spacial score (nSPS) is 55.2. The second-order valence-corrected chi connectivity index (χ2v) is 17.3. The summed E-state index contributed by atoms with van der Waals surface area (Å²) in [5, 5.41) is 41.6. The summed E-state index contributed by atoms with van der Waals surface area (Å²) in [5.41, 5.74) is 2.11. The Kier molecular flexibility index (Phi) is 7.89. The summed E-state index contributed by atoms with van der Waals surface area (Å²) in [6.45, 7) is 19.4. The minimum absolute atomic E-state index is 0.00851. The van der Waals surface area contributed by atoms with E-state index in [-0.39, 0.29) is 46.2 Å². The van der Waals surface area contributed by atoms with E-state index < -0.39 is 24.6 Å². The van der Waals surface area contributed by atoms with Gasteiger partial charge in [0.05, 0.1) is 18.8 Å². The van der Waals surface area contributed by atoms with Crippen molar-refractivity contribution in [3.8, 4) is 0 Å². The molecule has 5 aliphatic carbocycles. The smallest absolute Gasteiger partial charge is 0.157 e. The Morgan fingerprint density at radius 2 is 1.60 bits per heavy atom. The highest BCUT2D eigenvalue weighted by atomic mass is 16.6. The van der Waals surface area contributed by atoms with E-state index in [4.69, 9.17) is 9.47 Å². The van der Waals surface area contributed by atoms with E-state index in [1.165, 1.54) is 44.1 Å². The lowest BCUT2D eigenvalue weighted by Gasteiger charge is -2.73. The maximum absolute atomic E-state index is 10.9. The van der Waals surface area contributed by atoms with Crippen LogP contribution in [0.15, 0.2) is 12.2 Å². The van der Waals surface area contributed by atoms with Gasteiger partial charge in [0.2, 0.25) is 0 Å². The largest absolute Gasteiger partial charge is 0.396 e. The third kappa shape index (κ3) is 4.24. The number of ether oxygens (including phenoxy) is 2. The van der Waals surface area contributed by atoms with Gasteiger partial charge in [0.25, 0.3) is 0 Å². The fourth-order valence-corrected chi connectivity index (χ4v) is 13.2. The second kappa shape index (κ2) is 10.5. The van der Waals surface area contributed by atoms with Crippen LogP contribution in [0.25, 0.3) is 0 Å². The van der Waals surface area contributed by atoms with Gasteiger partial charge in [-0.05, 0) is 128 Å². The molecule has 6 nitrogen and oxygen atoms in total. The molecule has 1 saturated heterocycles. The van der Waals surface area contributed by atoms with Crippen LogP contribution in [0.4, 0.5) is 0 Å². The Morgan fingerprint density at radius 1 is 0.857 bits per heavy atom. The van der Waals surface area contributed by atoms with Gasteiger partial charge in [-0.2, -0.15) is 0 Å². The first-order valence-electron chi connectivity index (χ1n) is 17.2. The van der Waals surface area contributed by atoms with Crippen LogP contribution in [0.5, 0.6) is 0 Å². The Labute approximate surface area is 254 Å². The fraction of sp³-hybridized carbons (Fsp3) is 0.944. The molecule has 6 aliphatic rings. The van der Waals surface area contributed by atoms with Gasteiger partial charge >= 0.3 is 0 Å². The van der Waals surface area contributed by atoms with Crippen LogP contribution in [-0.2, 0) is 9.47 Å². The first kappa shape index (κ1) is 31.5. The molecule has 0 spiro atoms. The van der Waals surface area contributed by atoms with Gasteiger partial charge in [-0.1, -0.05) is 46.8 Å². The number of rotatable bonds is 5. The Bertz CT molecular complexity index is 1040. The molecule has 1 aliphatic heterocycles. The molecular formula is C36H60O6. The maximum atomic E-state index is 10.9. The zero-order valence-electron chi connectivity index (χ0n) is 27.3. The molecule has 5 saturated carbocycles. The monoisotopic (exact) mass is 588 g/mol. The van der Waals surface area contributed by atoms with Crippen LogP contribution < -0.4 is 0 Å². The number of aliphatic hydroxyl groups is 4. The average Bonchev–Trinajstić information content (AvgIpc) is 3.33. The molecule has 14 atom stereocenters. The Balaban J connectivity index is 1.26. The topological polar surface area (TPSA) is 99.4 Å². The molecular weight excluding hydrogens is 528 g/mol. The van der Waals surface area contributed by atoms with E-state index in [0.29, 0.717) is 36.2 Å². The molecule has 6 heteroatoms. The number of hydrogen-bond donors (Lipinski definition) is 4. The molecule has 0 aromatic carbocycles. The number of fused-ring (bicyclic) bond motifs is 7. The van der Waals surface area contributed by atoms with E-state index in [9.17, 15) is 20.4 Å². The minimum Gasteiger partial charge on any atom is -0.396 e. The quantitative estimate of drug-likeness (QED) is 0.301. The van der Waals surface area contributed by atoms with Gasteiger partial charge in [-0.15, -0.1) is 0 Å². The SMILES string of the molecule is C=C(C)[C@@H]1CC[C@]2(CO)CC[C@]3(C)[C@H](CC[C@@H]4[C@@]5(C)CCC(O[C@@H]6C[C@H](O)O[C@H](CO)[C@@H]6O)C(C)(C)[C@@H]5CC[C@]43C)[C@@H]12. The van der Waals surface area contributed by atoms with Gasteiger partial charge in [-0.25, -0.2) is 0 Å². The standard InChI is InChI=1S/C36H60O6/c1-21(2)22-10-15-36(20-38)17-16-34(6)23(30(22)36)8-9-27-33(5)13-12-28(32(3,4)26(33)11-14-35(27,34)7)41-24-18-29(39)42-25(19-37)31(24)40/h22-31,37-40H,1,8-20H2,2-7H3/t22-,23+,24+,25+,26-,27+,28?,29+,30+,31+,33-,34+,35+,36+/m0/s1. The van der Waals surface area contributed by atoms with Crippen LogP contribution in [0.3, 0.4) is 0 Å². The molecule has 1 heterocycles. The average molecular weight is 589 g/mol. The Hall–Kier alpha value is -0.500. The fourth-order valence-electron chi connectivity index (χ4n) is 13.2. The number of hydrogen-bond acceptors (Lipinski definition) is 6. The molecule has 42 heavy (non-hydrogen) atoms. The van der Waals surface area contributed by atoms with Crippen molar-refractivity contribution >= 4 is 0 Å². The van der Waals surface area contributed by atoms with E-state index in [0.717, 1.165) is 25.7 Å². The molecule has 0 aromatic heterocycles. The molecule has 0 aromatic rings. The number of allylic oxidation sites excluding steroid dienone is 1. The van der Waals surface area contributed by atoms with E-state index in [2.05, 4.69) is 48.1 Å². The van der Waals surface area contributed by atoms with Crippen molar-refractivity contribution in [1.29, 1.82) is 0 Å². The molecule has 6 rings (SSSR count). The summed E-state index contributed by atoms with van der Waals surface area (Å²) in [4.78, 5) is 0. The molecule has 1 unspecified atom stereocenters. The molecule has 4 N–H and O–H groups in total. The molecule has 0 bridgehead atoms. The highest BCUT2D eigenvalue weighted by molar-refractivity contribution is 5.21. The van der Waals surface area contributed by atoms with Crippen molar-refractivity contribution in [3.63, 3.8) is 0 Å². The first-order valence-corrected chi connectivity index (χ1v) is 17.2.